The summed E-state index contributed by atoms with van der Waals surface area (Å²) >= 11 is 0. The first-order valence-corrected chi connectivity index (χ1v) is 7.33. The van der Waals surface area contributed by atoms with Crippen LogP contribution in [0.25, 0.3) is 0 Å². The molecule has 116 valence electrons. The molecule has 0 aliphatic carbocycles. The van der Waals surface area contributed by atoms with Crippen molar-refractivity contribution in [3.8, 4) is 11.5 Å². The van der Waals surface area contributed by atoms with Crippen molar-refractivity contribution in [2.45, 2.75) is 20.3 Å². The number of nitrogens with two attached hydrogens (primary N) is 1. The first-order valence-electron chi connectivity index (χ1n) is 7.33. The molecule has 1 aliphatic heterocycles. The van der Waals surface area contributed by atoms with E-state index < -0.39 is 0 Å². The van der Waals surface area contributed by atoms with Gasteiger partial charge in [0.25, 0.3) is 5.91 Å². The molecule has 1 heterocycles. The zero-order chi connectivity index (χ0) is 15.5. The molecule has 1 amide bonds. The highest BCUT2D eigenvalue weighted by Crippen LogP contribution is 2.32. The maximum atomic E-state index is 12.6. The number of carbonyl (C=O) groups is 1. The predicted molar refractivity (Wildman–Crippen MR) is 81.8 cm³/mol. The maximum absolute atomic E-state index is 12.6. The van der Waals surface area contributed by atoms with Crippen LogP contribution in [-0.2, 0) is 0 Å². The topological polar surface area (TPSA) is 64.8 Å². The number of hydrogen-bond acceptors (Lipinski definition) is 4. The largest absolute Gasteiger partial charge is 0.493 e. The van der Waals surface area contributed by atoms with E-state index in [1.165, 1.54) is 0 Å². The minimum Gasteiger partial charge on any atom is -0.493 e. The lowest BCUT2D eigenvalue weighted by atomic mass is 9.90. The van der Waals surface area contributed by atoms with Crippen LogP contribution in [0.15, 0.2) is 18.2 Å². The highest BCUT2D eigenvalue weighted by atomic mass is 16.5. The summed E-state index contributed by atoms with van der Waals surface area (Å²) < 4.78 is 10.8. The number of rotatable bonds is 5. The second-order valence-corrected chi connectivity index (χ2v) is 5.79. The van der Waals surface area contributed by atoms with Crippen LogP contribution < -0.4 is 15.2 Å². The van der Waals surface area contributed by atoms with E-state index in [-0.39, 0.29) is 11.3 Å². The number of methoxy groups -OCH3 is 1. The molecule has 1 fully saturated rings. The van der Waals surface area contributed by atoms with Gasteiger partial charge in [-0.05, 0) is 43.5 Å². The Morgan fingerprint density at radius 2 is 2.19 bits per heavy atom. The van der Waals surface area contributed by atoms with Crippen LogP contribution in [0.4, 0.5) is 0 Å². The lowest BCUT2D eigenvalue weighted by Crippen LogP contribution is -2.34. The molecule has 1 aliphatic rings. The van der Waals surface area contributed by atoms with Gasteiger partial charge >= 0.3 is 0 Å². The minimum absolute atomic E-state index is 0.0218. The van der Waals surface area contributed by atoms with E-state index in [0.717, 1.165) is 13.0 Å². The summed E-state index contributed by atoms with van der Waals surface area (Å²) in [4.78, 5) is 14.4. The lowest BCUT2D eigenvalue weighted by molar-refractivity contribution is 0.0776. The van der Waals surface area contributed by atoms with Crippen LogP contribution in [0.2, 0.25) is 0 Å². The molecule has 1 unspecified atom stereocenters. The number of carbonyl (C=O) groups excluding carboxylic acids is 1. The predicted octanol–water partition coefficient (Wildman–Crippen LogP) is 1.90. The Hall–Kier alpha value is -1.75. The first kappa shape index (κ1) is 15.6. The van der Waals surface area contributed by atoms with Gasteiger partial charge in [0.1, 0.15) is 0 Å². The molecule has 1 saturated heterocycles. The van der Waals surface area contributed by atoms with Crippen molar-refractivity contribution in [2.24, 2.45) is 11.1 Å². The highest BCUT2D eigenvalue weighted by Gasteiger charge is 2.35. The Labute approximate surface area is 126 Å². The molecule has 0 spiro atoms. The van der Waals surface area contributed by atoms with E-state index in [1.54, 1.807) is 25.3 Å². The zero-order valence-electron chi connectivity index (χ0n) is 13.0. The van der Waals surface area contributed by atoms with Gasteiger partial charge < -0.3 is 20.1 Å². The van der Waals surface area contributed by atoms with Crippen molar-refractivity contribution in [1.29, 1.82) is 0 Å². The average molecular weight is 292 g/mol. The van der Waals surface area contributed by atoms with Gasteiger partial charge in [-0.1, -0.05) is 6.92 Å². The average Bonchev–Trinajstić information content (AvgIpc) is 2.90. The number of ether oxygens (including phenoxy) is 2. The van der Waals surface area contributed by atoms with Crippen LogP contribution in [0.1, 0.15) is 30.6 Å². The fraction of sp³-hybridized carbons (Fsp3) is 0.562. The molecule has 5 heteroatoms. The standard InChI is InChI=1S/C16H24N2O3/c1-4-21-13-6-5-12(9-14(13)20-3)15(19)18-8-7-16(2,10-17)11-18/h5-6,9H,4,7-8,10-11,17H2,1-3H3. The molecule has 2 rings (SSSR count). The highest BCUT2D eigenvalue weighted by molar-refractivity contribution is 5.95. The Morgan fingerprint density at radius 1 is 1.43 bits per heavy atom. The third-order valence-corrected chi connectivity index (χ3v) is 4.05. The molecule has 1 aromatic carbocycles. The summed E-state index contributed by atoms with van der Waals surface area (Å²) in [7, 11) is 1.58. The summed E-state index contributed by atoms with van der Waals surface area (Å²) in [6.07, 6.45) is 0.948. The molecule has 1 aromatic rings. The van der Waals surface area contributed by atoms with Gasteiger partial charge in [0.15, 0.2) is 11.5 Å². The van der Waals surface area contributed by atoms with Gasteiger partial charge in [0.05, 0.1) is 13.7 Å². The molecule has 0 radical (unpaired) electrons. The van der Waals surface area contributed by atoms with Gasteiger partial charge in [-0.3, -0.25) is 4.79 Å². The van der Waals surface area contributed by atoms with E-state index in [4.69, 9.17) is 15.2 Å². The van der Waals surface area contributed by atoms with Crippen molar-refractivity contribution in [2.75, 3.05) is 33.4 Å². The summed E-state index contributed by atoms with van der Waals surface area (Å²) in [6.45, 7) is 6.66. The number of benzene rings is 1. The molecule has 5 nitrogen and oxygen atoms in total. The number of likely N-dealkylation sites (tertiary alicyclic amines) is 1. The van der Waals surface area contributed by atoms with Crippen molar-refractivity contribution >= 4 is 5.91 Å². The Morgan fingerprint density at radius 3 is 2.76 bits per heavy atom. The first-order chi connectivity index (χ1) is 10.0. The smallest absolute Gasteiger partial charge is 0.254 e. The molecular formula is C16H24N2O3. The molecule has 0 bridgehead atoms. The van der Waals surface area contributed by atoms with E-state index in [0.29, 0.717) is 36.8 Å². The molecule has 21 heavy (non-hydrogen) atoms. The third kappa shape index (κ3) is 3.29. The van der Waals surface area contributed by atoms with Crippen molar-refractivity contribution in [1.82, 2.24) is 4.90 Å². The molecule has 1 atom stereocenters. The fourth-order valence-corrected chi connectivity index (χ4v) is 2.62. The minimum atomic E-state index is 0.0218. The van der Waals surface area contributed by atoms with Gasteiger partial charge in [-0.25, -0.2) is 0 Å². The van der Waals surface area contributed by atoms with E-state index in [2.05, 4.69) is 6.92 Å². The van der Waals surface area contributed by atoms with Gasteiger partial charge in [0, 0.05) is 18.7 Å². The van der Waals surface area contributed by atoms with Gasteiger partial charge in [-0.15, -0.1) is 0 Å². The quantitative estimate of drug-likeness (QED) is 0.900. The maximum Gasteiger partial charge on any atom is 0.254 e. The number of nitrogens with zero attached hydrogens (tertiary/aromatic N) is 1. The van der Waals surface area contributed by atoms with E-state index in [1.807, 2.05) is 11.8 Å². The van der Waals surface area contributed by atoms with Crippen LogP contribution in [-0.4, -0.2) is 44.2 Å². The fourth-order valence-electron chi connectivity index (χ4n) is 2.62. The molecule has 0 saturated carbocycles. The molecule has 0 aromatic heterocycles. The molecular weight excluding hydrogens is 268 g/mol. The van der Waals surface area contributed by atoms with E-state index >= 15 is 0 Å². The number of amides is 1. The third-order valence-electron chi connectivity index (χ3n) is 4.05. The monoisotopic (exact) mass is 292 g/mol. The lowest BCUT2D eigenvalue weighted by Gasteiger charge is -2.22. The normalized spacial score (nSPS) is 21.4. The van der Waals surface area contributed by atoms with Gasteiger partial charge in [0.2, 0.25) is 0 Å². The van der Waals surface area contributed by atoms with Crippen LogP contribution in [0.5, 0.6) is 11.5 Å². The van der Waals surface area contributed by atoms with Crippen molar-refractivity contribution in [3.63, 3.8) is 0 Å². The zero-order valence-corrected chi connectivity index (χ0v) is 13.0. The molecule has 2 N–H and O–H groups in total. The van der Waals surface area contributed by atoms with E-state index in [9.17, 15) is 4.79 Å². The summed E-state index contributed by atoms with van der Waals surface area (Å²) in [5.41, 5.74) is 6.45. The van der Waals surface area contributed by atoms with Gasteiger partial charge in [-0.2, -0.15) is 0 Å². The summed E-state index contributed by atoms with van der Waals surface area (Å²) in [6, 6.07) is 5.31. The summed E-state index contributed by atoms with van der Waals surface area (Å²) in [5.74, 6) is 1.27. The van der Waals surface area contributed by atoms with Crippen LogP contribution in [0.3, 0.4) is 0 Å². The number of hydrogen-bond donors (Lipinski definition) is 1. The SMILES string of the molecule is CCOc1ccc(C(=O)N2CCC(C)(CN)C2)cc1OC. The second kappa shape index (κ2) is 6.35. The van der Waals surface area contributed by atoms with Crippen molar-refractivity contribution < 1.29 is 14.3 Å². The summed E-state index contributed by atoms with van der Waals surface area (Å²) in [5, 5.41) is 0. The second-order valence-electron chi connectivity index (χ2n) is 5.79. The Balaban J connectivity index is 2.17. The van der Waals surface area contributed by atoms with Crippen LogP contribution >= 0.6 is 0 Å². The Kier molecular flexibility index (Phi) is 4.73. The van der Waals surface area contributed by atoms with Crippen molar-refractivity contribution in [3.05, 3.63) is 23.8 Å². The Bertz CT molecular complexity index is 518. The van der Waals surface area contributed by atoms with Crippen LogP contribution in [0, 0.1) is 5.41 Å².